The fourth-order valence-electron chi connectivity index (χ4n) is 3.28. The first-order valence-corrected chi connectivity index (χ1v) is 9.32. The van der Waals surface area contributed by atoms with Crippen molar-refractivity contribution in [1.82, 2.24) is 9.88 Å². The predicted octanol–water partition coefficient (Wildman–Crippen LogP) is 4.19. The van der Waals surface area contributed by atoms with Crippen LogP contribution in [0.25, 0.3) is 10.9 Å². The SMILES string of the molecule is CNC(=O)Cc1c(C)n(C(=O)c2ccc(OC(F)F)cc2)c2cc(Cl)c(OC)cc12. The van der Waals surface area contributed by atoms with E-state index >= 15 is 0 Å². The normalized spacial score (nSPS) is 11.0. The van der Waals surface area contributed by atoms with Gasteiger partial charge in [0.15, 0.2) is 0 Å². The average Bonchev–Trinajstić information content (AvgIpc) is 2.97. The number of nitrogens with zero attached hydrogens (tertiary/aromatic N) is 1. The number of hydrogen-bond donors (Lipinski definition) is 1. The molecule has 0 unspecified atom stereocenters. The average molecular weight is 437 g/mol. The summed E-state index contributed by atoms with van der Waals surface area (Å²) in [5.41, 5.74) is 1.99. The van der Waals surface area contributed by atoms with Gasteiger partial charge in [-0.25, -0.2) is 0 Å². The third-order valence-corrected chi connectivity index (χ3v) is 5.05. The molecule has 30 heavy (non-hydrogen) atoms. The molecular formula is C21H19ClF2N2O4. The summed E-state index contributed by atoms with van der Waals surface area (Å²) >= 11 is 6.27. The molecule has 0 radical (unpaired) electrons. The highest BCUT2D eigenvalue weighted by Crippen LogP contribution is 2.35. The number of nitrogens with one attached hydrogen (secondary N) is 1. The van der Waals surface area contributed by atoms with E-state index in [-0.39, 0.29) is 23.6 Å². The van der Waals surface area contributed by atoms with Crippen LogP contribution in [0.2, 0.25) is 5.02 Å². The van der Waals surface area contributed by atoms with Gasteiger partial charge >= 0.3 is 6.61 Å². The number of hydrogen-bond acceptors (Lipinski definition) is 4. The highest BCUT2D eigenvalue weighted by atomic mass is 35.5. The van der Waals surface area contributed by atoms with E-state index in [0.29, 0.717) is 32.9 Å². The van der Waals surface area contributed by atoms with E-state index in [9.17, 15) is 18.4 Å². The Morgan fingerprint density at radius 2 is 1.87 bits per heavy atom. The first-order valence-electron chi connectivity index (χ1n) is 8.94. The van der Waals surface area contributed by atoms with Gasteiger partial charge in [-0.15, -0.1) is 0 Å². The van der Waals surface area contributed by atoms with Crippen LogP contribution in [0.3, 0.4) is 0 Å². The lowest BCUT2D eigenvalue weighted by atomic mass is 10.1. The van der Waals surface area contributed by atoms with E-state index in [1.165, 1.54) is 43.0 Å². The number of alkyl halides is 2. The maximum atomic E-state index is 13.2. The number of likely N-dealkylation sites (N-methyl/N-ethyl adjacent to an activating group) is 1. The summed E-state index contributed by atoms with van der Waals surface area (Å²) < 4.78 is 35.8. The summed E-state index contributed by atoms with van der Waals surface area (Å²) in [6.45, 7) is -1.23. The zero-order chi connectivity index (χ0) is 22.0. The number of rotatable bonds is 6. The van der Waals surface area contributed by atoms with Crippen molar-refractivity contribution in [2.45, 2.75) is 20.0 Å². The number of fused-ring (bicyclic) bond motifs is 1. The molecule has 0 saturated carbocycles. The topological polar surface area (TPSA) is 69.6 Å². The van der Waals surface area contributed by atoms with Gasteiger partial charge < -0.3 is 14.8 Å². The van der Waals surface area contributed by atoms with Crippen LogP contribution in [0.4, 0.5) is 8.78 Å². The van der Waals surface area contributed by atoms with E-state index in [1.54, 1.807) is 19.1 Å². The molecule has 3 rings (SSSR count). The molecule has 1 N–H and O–H groups in total. The zero-order valence-electron chi connectivity index (χ0n) is 16.5. The molecule has 1 heterocycles. The van der Waals surface area contributed by atoms with Crippen LogP contribution in [-0.2, 0) is 11.2 Å². The van der Waals surface area contributed by atoms with Crippen LogP contribution >= 0.6 is 11.6 Å². The van der Waals surface area contributed by atoms with Crippen LogP contribution in [0.5, 0.6) is 11.5 Å². The maximum absolute atomic E-state index is 13.2. The number of amides is 1. The van der Waals surface area contributed by atoms with Crippen molar-refractivity contribution in [3.05, 3.63) is 58.2 Å². The van der Waals surface area contributed by atoms with Gasteiger partial charge in [-0.05, 0) is 48.9 Å². The summed E-state index contributed by atoms with van der Waals surface area (Å²) in [7, 11) is 3.01. The Balaban J connectivity index is 2.14. The number of methoxy groups -OCH3 is 1. The molecule has 2 aromatic carbocycles. The van der Waals surface area contributed by atoms with Crippen molar-refractivity contribution in [2.24, 2.45) is 0 Å². The quantitative estimate of drug-likeness (QED) is 0.629. The largest absolute Gasteiger partial charge is 0.495 e. The Hall–Kier alpha value is -3.13. The molecule has 1 aromatic heterocycles. The van der Waals surface area contributed by atoms with E-state index < -0.39 is 12.5 Å². The molecule has 0 bridgehead atoms. The monoisotopic (exact) mass is 436 g/mol. The standard InChI is InChI=1S/C21H19ClF2N2O4/c1-11-14(9-19(27)25-2)15-8-18(29-3)16(22)10-17(15)26(11)20(28)12-4-6-13(7-5-12)30-21(23)24/h4-8,10,21H,9H2,1-3H3,(H,25,27). The number of benzene rings is 2. The second-order valence-electron chi connectivity index (χ2n) is 6.46. The van der Waals surface area contributed by atoms with E-state index in [4.69, 9.17) is 16.3 Å². The number of aromatic nitrogens is 1. The molecular weight excluding hydrogens is 418 g/mol. The molecule has 0 aliphatic heterocycles. The summed E-state index contributed by atoms with van der Waals surface area (Å²) in [6.07, 6.45) is 0.0606. The minimum Gasteiger partial charge on any atom is -0.495 e. The van der Waals surface area contributed by atoms with Crippen molar-refractivity contribution < 1.29 is 27.8 Å². The summed E-state index contributed by atoms with van der Waals surface area (Å²) in [5, 5.41) is 3.54. The molecule has 3 aromatic rings. The predicted molar refractivity (Wildman–Crippen MR) is 109 cm³/mol. The number of ether oxygens (including phenoxy) is 2. The molecule has 0 spiro atoms. The van der Waals surface area contributed by atoms with Gasteiger partial charge in [0.2, 0.25) is 5.91 Å². The first kappa shape index (κ1) is 21.6. The van der Waals surface area contributed by atoms with Crippen molar-refractivity contribution in [3.63, 3.8) is 0 Å². The fourth-order valence-corrected chi connectivity index (χ4v) is 3.51. The van der Waals surface area contributed by atoms with Gasteiger partial charge in [-0.1, -0.05) is 11.6 Å². The summed E-state index contributed by atoms with van der Waals surface area (Å²) in [6, 6.07) is 8.67. The highest BCUT2D eigenvalue weighted by Gasteiger charge is 2.23. The van der Waals surface area contributed by atoms with Crippen LogP contribution in [0.1, 0.15) is 21.6 Å². The Labute approximate surface area is 176 Å². The van der Waals surface area contributed by atoms with Gasteiger partial charge in [0.05, 0.1) is 24.1 Å². The number of carbonyl (C=O) groups excluding carboxylic acids is 2. The van der Waals surface area contributed by atoms with Gasteiger partial charge in [0.1, 0.15) is 11.5 Å². The highest BCUT2D eigenvalue weighted by molar-refractivity contribution is 6.33. The molecule has 158 valence electrons. The molecule has 6 nitrogen and oxygen atoms in total. The summed E-state index contributed by atoms with van der Waals surface area (Å²) in [4.78, 5) is 25.3. The molecule has 0 fully saturated rings. The fraction of sp³-hybridized carbons (Fsp3) is 0.238. The lowest BCUT2D eigenvalue weighted by molar-refractivity contribution is -0.119. The molecule has 0 atom stereocenters. The van der Waals surface area contributed by atoms with Crippen molar-refractivity contribution >= 4 is 34.3 Å². The van der Waals surface area contributed by atoms with Gasteiger partial charge in [0, 0.05) is 23.7 Å². The van der Waals surface area contributed by atoms with Crippen molar-refractivity contribution in [2.75, 3.05) is 14.2 Å². The van der Waals surface area contributed by atoms with E-state index in [0.717, 1.165) is 0 Å². The minimum atomic E-state index is -2.95. The van der Waals surface area contributed by atoms with Gasteiger partial charge in [-0.3, -0.25) is 14.2 Å². The molecule has 1 amide bonds. The molecule has 0 saturated heterocycles. The molecule has 9 heteroatoms. The van der Waals surface area contributed by atoms with E-state index in [2.05, 4.69) is 10.1 Å². The third-order valence-electron chi connectivity index (χ3n) is 4.75. The summed E-state index contributed by atoms with van der Waals surface area (Å²) in [5.74, 6) is -0.248. The van der Waals surface area contributed by atoms with Gasteiger partial charge in [-0.2, -0.15) is 8.78 Å². The Morgan fingerprint density at radius 3 is 2.43 bits per heavy atom. The molecule has 0 aliphatic carbocycles. The Kier molecular flexibility index (Phi) is 6.26. The van der Waals surface area contributed by atoms with Gasteiger partial charge in [0.25, 0.3) is 5.91 Å². The van der Waals surface area contributed by atoms with E-state index in [1.807, 2.05) is 0 Å². The van der Waals surface area contributed by atoms with Crippen LogP contribution in [-0.4, -0.2) is 37.2 Å². The minimum absolute atomic E-state index is 0.0521. The van der Waals surface area contributed by atoms with Crippen molar-refractivity contribution in [3.8, 4) is 11.5 Å². The second kappa shape index (κ2) is 8.71. The van der Waals surface area contributed by atoms with Crippen LogP contribution < -0.4 is 14.8 Å². The van der Waals surface area contributed by atoms with Crippen LogP contribution in [0.15, 0.2) is 36.4 Å². The first-order chi connectivity index (χ1) is 14.3. The maximum Gasteiger partial charge on any atom is 0.387 e. The van der Waals surface area contributed by atoms with Crippen molar-refractivity contribution in [1.29, 1.82) is 0 Å². The smallest absolute Gasteiger partial charge is 0.387 e. The second-order valence-corrected chi connectivity index (χ2v) is 6.87. The Bertz CT molecular complexity index is 1110. The number of halogens is 3. The lowest BCUT2D eigenvalue weighted by Crippen LogP contribution is -2.20. The number of carbonyl (C=O) groups is 2. The lowest BCUT2D eigenvalue weighted by Gasteiger charge is -2.10. The third kappa shape index (κ3) is 4.09. The zero-order valence-corrected chi connectivity index (χ0v) is 17.2. The Morgan fingerprint density at radius 1 is 1.20 bits per heavy atom. The van der Waals surface area contributed by atoms with Crippen LogP contribution in [0, 0.1) is 6.92 Å². The molecule has 0 aliphatic rings.